The SMILES string of the molecule is CC1CCCC(COCCCS(=O)(=O)Cl)C1. The van der Waals surface area contributed by atoms with Crippen LogP contribution in [0, 0.1) is 11.8 Å². The average molecular weight is 269 g/mol. The van der Waals surface area contributed by atoms with E-state index in [4.69, 9.17) is 15.4 Å². The van der Waals surface area contributed by atoms with Gasteiger partial charge < -0.3 is 4.74 Å². The van der Waals surface area contributed by atoms with E-state index >= 15 is 0 Å². The molecule has 1 rings (SSSR count). The Hall–Kier alpha value is 0.200. The second kappa shape index (κ2) is 6.82. The molecule has 1 fully saturated rings. The Bertz CT molecular complexity index is 290. The van der Waals surface area contributed by atoms with Gasteiger partial charge in [0.25, 0.3) is 0 Å². The van der Waals surface area contributed by atoms with E-state index in [9.17, 15) is 8.42 Å². The topological polar surface area (TPSA) is 43.4 Å². The molecule has 0 aromatic heterocycles. The zero-order valence-electron chi connectivity index (χ0n) is 9.82. The summed E-state index contributed by atoms with van der Waals surface area (Å²) in [5.41, 5.74) is 0. The van der Waals surface area contributed by atoms with Crippen LogP contribution < -0.4 is 0 Å². The quantitative estimate of drug-likeness (QED) is 0.550. The van der Waals surface area contributed by atoms with Gasteiger partial charge in [-0.3, -0.25) is 0 Å². The molecule has 0 amide bonds. The summed E-state index contributed by atoms with van der Waals surface area (Å²) in [6.45, 7) is 3.55. The van der Waals surface area contributed by atoms with Gasteiger partial charge in [0.15, 0.2) is 0 Å². The molecule has 1 aliphatic rings. The molecule has 0 aromatic carbocycles. The fourth-order valence-corrected chi connectivity index (χ4v) is 3.08. The van der Waals surface area contributed by atoms with Gasteiger partial charge in [-0.1, -0.05) is 19.8 Å². The molecule has 0 aromatic rings. The highest BCUT2D eigenvalue weighted by molar-refractivity contribution is 8.13. The summed E-state index contributed by atoms with van der Waals surface area (Å²) < 4.78 is 26.8. The van der Waals surface area contributed by atoms with E-state index in [0.29, 0.717) is 18.9 Å². The maximum absolute atomic E-state index is 10.6. The van der Waals surface area contributed by atoms with Crippen molar-refractivity contribution in [3.05, 3.63) is 0 Å². The Morgan fingerprint density at radius 1 is 1.38 bits per heavy atom. The lowest BCUT2D eigenvalue weighted by Gasteiger charge is -2.26. The average Bonchev–Trinajstić information content (AvgIpc) is 2.15. The van der Waals surface area contributed by atoms with Crippen molar-refractivity contribution in [2.45, 2.75) is 39.0 Å². The third-order valence-corrected chi connectivity index (χ3v) is 4.31. The predicted octanol–water partition coefficient (Wildman–Crippen LogP) is 2.79. The van der Waals surface area contributed by atoms with Crippen molar-refractivity contribution < 1.29 is 13.2 Å². The number of hydrogen-bond donors (Lipinski definition) is 0. The smallest absolute Gasteiger partial charge is 0.232 e. The molecule has 0 bridgehead atoms. The molecule has 5 heteroatoms. The summed E-state index contributed by atoms with van der Waals surface area (Å²) in [5.74, 6) is 1.48. The Morgan fingerprint density at radius 2 is 2.12 bits per heavy atom. The lowest BCUT2D eigenvalue weighted by atomic mass is 9.83. The molecule has 0 saturated heterocycles. The van der Waals surface area contributed by atoms with Crippen molar-refractivity contribution in [3.63, 3.8) is 0 Å². The molecule has 0 radical (unpaired) electrons. The summed E-state index contributed by atoms with van der Waals surface area (Å²) >= 11 is 0. The van der Waals surface area contributed by atoms with E-state index in [-0.39, 0.29) is 5.75 Å². The molecule has 2 unspecified atom stereocenters. The van der Waals surface area contributed by atoms with Crippen LogP contribution in [0.15, 0.2) is 0 Å². The monoisotopic (exact) mass is 268 g/mol. The van der Waals surface area contributed by atoms with E-state index in [1.54, 1.807) is 0 Å². The van der Waals surface area contributed by atoms with Gasteiger partial charge in [-0.05, 0) is 31.1 Å². The van der Waals surface area contributed by atoms with Crippen LogP contribution in [0.4, 0.5) is 0 Å². The molecule has 0 N–H and O–H groups in total. The van der Waals surface area contributed by atoms with Crippen molar-refractivity contribution in [1.82, 2.24) is 0 Å². The number of halogens is 1. The van der Waals surface area contributed by atoms with Crippen molar-refractivity contribution in [1.29, 1.82) is 0 Å². The first-order valence-corrected chi connectivity index (χ1v) is 8.45. The summed E-state index contributed by atoms with van der Waals surface area (Å²) in [5, 5.41) is 0. The molecule has 0 aliphatic heterocycles. The molecule has 3 nitrogen and oxygen atoms in total. The van der Waals surface area contributed by atoms with E-state index in [1.807, 2.05) is 0 Å². The second-order valence-corrected chi connectivity index (χ2v) is 7.71. The standard InChI is InChI=1S/C11H21ClO3S/c1-10-4-2-5-11(8-10)9-15-6-3-7-16(12,13)14/h10-11H,2-9H2,1H3. The second-order valence-electron chi connectivity index (χ2n) is 4.81. The normalized spacial score (nSPS) is 26.9. The van der Waals surface area contributed by atoms with Crippen molar-refractivity contribution in [3.8, 4) is 0 Å². The van der Waals surface area contributed by atoms with E-state index in [1.165, 1.54) is 25.7 Å². The molecule has 0 heterocycles. The maximum atomic E-state index is 10.6. The first kappa shape index (κ1) is 14.3. The molecular weight excluding hydrogens is 248 g/mol. The highest BCUT2D eigenvalue weighted by Crippen LogP contribution is 2.28. The lowest BCUT2D eigenvalue weighted by Crippen LogP contribution is -2.18. The van der Waals surface area contributed by atoms with Gasteiger partial charge >= 0.3 is 0 Å². The van der Waals surface area contributed by atoms with Gasteiger partial charge in [0.05, 0.1) is 5.75 Å². The van der Waals surface area contributed by atoms with Crippen LogP contribution in [0.25, 0.3) is 0 Å². The molecule has 1 saturated carbocycles. The number of rotatable bonds is 6. The summed E-state index contributed by atoms with van der Waals surface area (Å²) in [6, 6.07) is 0. The fourth-order valence-electron chi connectivity index (χ4n) is 2.29. The summed E-state index contributed by atoms with van der Waals surface area (Å²) in [4.78, 5) is 0. The summed E-state index contributed by atoms with van der Waals surface area (Å²) in [7, 11) is 1.75. The van der Waals surface area contributed by atoms with Gasteiger partial charge in [0.2, 0.25) is 9.05 Å². The van der Waals surface area contributed by atoms with Crippen LogP contribution >= 0.6 is 10.7 Å². The van der Waals surface area contributed by atoms with Crippen LogP contribution in [0.1, 0.15) is 39.0 Å². The van der Waals surface area contributed by atoms with E-state index < -0.39 is 9.05 Å². The van der Waals surface area contributed by atoms with Crippen LogP contribution in [0.2, 0.25) is 0 Å². The molecular formula is C11H21ClO3S. The zero-order chi connectivity index (χ0) is 12.0. The lowest BCUT2D eigenvalue weighted by molar-refractivity contribution is 0.0771. The van der Waals surface area contributed by atoms with Crippen LogP contribution in [-0.2, 0) is 13.8 Å². The first-order valence-electron chi connectivity index (χ1n) is 5.97. The van der Waals surface area contributed by atoms with Crippen molar-refractivity contribution >= 4 is 19.7 Å². The van der Waals surface area contributed by atoms with Gasteiger partial charge in [0, 0.05) is 23.9 Å². The summed E-state index contributed by atoms with van der Waals surface area (Å²) in [6.07, 6.45) is 5.62. The van der Waals surface area contributed by atoms with Crippen molar-refractivity contribution in [2.75, 3.05) is 19.0 Å². The van der Waals surface area contributed by atoms with Gasteiger partial charge in [-0.25, -0.2) is 8.42 Å². The van der Waals surface area contributed by atoms with Gasteiger partial charge in [0.1, 0.15) is 0 Å². The third-order valence-electron chi connectivity index (χ3n) is 3.08. The van der Waals surface area contributed by atoms with Gasteiger partial charge in [-0.15, -0.1) is 0 Å². The van der Waals surface area contributed by atoms with Crippen LogP contribution in [0.5, 0.6) is 0 Å². The Labute approximate surface area is 103 Å². The number of ether oxygens (including phenoxy) is 1. The molecule has 1 aliphatic carbocycles. The minimum absolute atomic E-state index is 0.00955. The fraction of sp³-hybridized carbons (Fsp3) is 1.00. The zero-order valence-corrected chi connectivity index (χ0v) is 11.4. The molecule has 96 valence electrons. The molecule has 16 heavy (non-hydrogen) atoms. The minimum Gasteiger partial charge on any atom is -0.381 e. The Morgan fingerprint density at radius 3 is 2.75 bits per heavy atom. The molecule has 2 atom stereocenters. The van der Waals surface area contributed by atoms with Gasteiger partial charge in [-0.2, -0.15) is 0 Å². The Kier molecular flexibility index (Phi) is 6.08. The Balaban J connectivity index is 2.02. The van der Waals surface area contributed by atoms with Crippen molar-refractivity contribution in [2.24, 2.45) is 11.8 Å². The predicted molar refractivity (Wildman–Crippen MR) is 66.2 cm³/mol. The maximum Gasteiger partial charge on any atom is 0.232 e. The minimum atomic E-state index is -3.35. The highest BCUT2D eigenvalue weighted by Gasteiger charge is 2.18. The van der Waals surface area contributed by atoms with Crippen LogP contribution in [0.3, 0.4) is 0 Å². The van der Waals surface area contributed by atoms with Crippen LogP contribution in [-0.4, -0.2) is 27.4 Å². The molecule has 0 spiro atoms. The van der Waals surface area contributed by atoms with E-state index in [2.05, 4.69) is 6.92 Å². The van der Waals surface area contributed by atoms with E-state index in [0.717, 1.165) is 12.5 Å². The largest absolute Gasteiger partial charge is 0.381 e. The third kappa shape index (κ3) is 6.71. The highest BCUT2D eigenvalue weighted by atomic mass is 35.7. The number of hydrogen-bond acceptors (Lipinski definition) is 3. The first-order chi connectivity index (χ1) is 7.47.